The maximum Gasteiger partial charge on any atom is 0.310 e. The molecular formula is C13H12FNO2S. The summed E-state index contributed by atoms with van der Waals surface area (Å²) in [6.07, 6.45) is 1.98. The van der Waals surface area contributed by atoms with E-state index in [9.17, 15) is 9.18 Å². The van der Waals surface area contributed by atoms with Gasteiger partial charge in [0, 0.05) is 28.6 Å². The van der Waals surface area contributed by atoms with Crippen molar-refractivity contribution in [1.29, 1.82) is 0 Å². The monoisotopic (exact) mass is 265 g/mol. The van der Waals surface area contributed by atoms with Gasteiger partial charge in [0.2, 0.25) is 0 Å². The van der Waals surface area contributed by atoms with E-state index in [1.807, 2.05) is 0 Å². The summed E-state index contributed by atoms with van der Waals surface area (Å²) in [5, 5.41) is 0.745. The molecule has 0 aliphatic carbocycles. The minimum Gasteiger partial charge on any atom is -0.460 e. The van der Waals surface area contributed by atoms with Crippen LogP contribution in [0.3, 0.4) is 0 Å². The minimum atomic E-state index is -0.299. The molecule has 1 aliphatic heterocycles. The maximum absolute atomic E-state index is 13.2. The van der Waals surface area contributed by atoms with Gasteiger partial charge in [0.05, 0.1) is 6.42 Å². The number of ether oxygens (including phenoxy) is 1. The van der Waals surface area contributed by atoms with Crippen LogP contribution in [0.1, 0.15) is 5.56 Å². The third-order valence-corrected chi connectivity index (χ3v) is 4.18. The molecule has 0 radical (unpaired) electrons. The van der Waals surface area contributed by atoms with E-state index in [1.165, 1.54) is 12.1 Å². The molecule has 1 aromatic heterocycles. The quantitative estimate of drug-likeness (QED) is 0.867. The van der Waals surface area contributed by atoms with E-state index in [0.29, 0.717) is 0 Å². The molecule has 0 unspecified atom stereocenters. The van der Waals surface area contributed by atoms with Crippen LogP contribution in [0.25, 0.3) is 10.9 Å². The number of hydrogen-bond donors (Lipinski definition) is 1. The lowest BCUT2D eigenvalue weighted by Crippen LogP contribution is -2.31. The normalized spacial score (nSPS) is 15.6. The summed E-state index contributed by atoms with van der Waals surface area (Å²) < 4.78 is 18.4. The summed E-state index contributed by atoms with van der Waals surface area (Å²) in [7, 11) is 0. The lowest BCUT2D eigenvalue weighted by Gasteiger charge is -2.24. The number of esters is 1. The molecule has 3 rings (SSSR count). The van der Waals surface area contributed by atoms with E-state index in [2.05, 4.69) is 4.98 Å². The van der Waals surface area contributed by atoms with Crippen LogP contribution >= 0.6 is 11.8 Å². The van der Waals surface area contributed by atoms with Gasteiger partial charge in [-0.3, -0.25) is 4.79 Å². The number of rotatable bonds is 3. The van der Waals surface area contributed by atoms with Gasteiger partial charge in [-0.15, -0.1) is 0 Å². The first kappa shape index (κ1) is 11.6. The fourth-order valence-corrected chi connectivity index (χ4v) is 2.53. The number of aromatic nitrogens is 1. The highest BCUT2D eigenvalue weighted by Gasteiger charge is 2.22. The van der Waals surface area contributed by atoms with Crippen molar-refractivity contribution in [1.82, 2.24) is 4.98 Å². The Morgan fingerprint density at radius 2 is 2.33 bits per heavy atom. The Morgan fingerprint density at radius 3 is 3.06 bits per heavy atom. The third-order valence-electron chi connectivity index (χ3n) is 2.97. The van der Waals surface area contributed by atoms with Gasteiger partial charge in [-0.25, -0.2) is 4.39 Å². The Kier molecular flexibility index (Phi) is 2.99. The Balaban J connectivity index is 1.77. The molecule has 2 heterocycles. The van der Waals surface area contributed by atoms with E-state index < -0.39 is 0 Å². The second-order valence-corrected chi connectivity index (χ2v) is 5.40. The zero-order valence-corrected chi connectivity index (χ0v) is 10.4. The molecule has 0 amide bonds. The van der Waals surface area contributed by atoms with Crippen LogP contribution in [0.15, 0.2) is 24.4 Å². The number of nitrogens with one attached hydrogen (secondary N) is 1. The minimum absolute atomic E-state index is 0.0597. The van der Waals surface area contributed by atoms with E-state index in [-0.39, 0.29) is 24.3 Å². The molecular weight excluding hydrogens is 253 g/mol. The second kappa shape index (κ2) is 4.65. The number of carbonyl (C=O) groups is 1. The average molecular weight is 265 g/mol. The van der Waals surface area contributed by atoms with Crippen LogP contribution in [0, 0.1) is 5.82 Å². The van der Waals surface area contributed by atoms with Crippen molar-refractivity contribution in [3.05, 3.63) is 35.8 Å². The molecule has 94 valence electrons. The smallest absolute Gasteiger partial charge is 0.310 e. The SMILES string of the molecule is O=C(Cc1c[nH]c2ccc(F)cc12)OC1CSC1. The Morgan fingerprint density at radius 1 is 1.50 bits per heavy atom. The Labute approximate surface area is 108 Å². The fourth-order valence-electron chi connectivity index (χ4n) is 1.96. The molecule has 1 N–H and O–H groups in total. The van der Waals surface area contributed by atoms with Crippen LogP contribution in [0.2, 0.25) is 0 Å². The maximum atomic E-state index is 13.2. The standard InChI is InChI=1S/C13H12FNO2S/c14-9-1-2-12-11(4-9)8(5-15-12)3-13(16)17-10-6-18-7-10/h1-2,4-5,10,15H,3,6-7H2. The number of benzene rings is 1. The van der Waals surface area contributed by atoms with Crippen LogP contribution in [-0.2, 0) is 16.0 Å². The van der Waals surface area contributed by atoms with Crippen molar-refractivity contribution >= 4 is 28.6 Å². The predicted octanol–water partition coefficient (Wildman–Crippen LogP) is 2.51. The zero-order chi connectivity index (χ0) is 12.5. The number of H-pyrrole nitrogens is 1. The molecule has 0 saturated carbocycles. The first-order valence-corrected chi connectivity index (χ1v) is 6.90. The largest absolute Gasteiger partial charge is 0.460 e. The number of carbonyl (C=O) groups excluding carboxylic acids is 1. The molecule has 1 saturated heterocycles. The summed E-state index contributed by atoms with van der Waals surface area (Å²) in [6, 6.07) is 4.50. The van der Waals surface area contributed by atoms with Gasteiger partial charge < -0.3 is 9.72 Å². The van der Waals surface area contributed by atoms with E-state index >= 15 is 0 Å². The van der Waals surface area contributed by atoms with Crippen molar-refractivity contribution in [2.75, 3.05) is 11.5 Å². The van der Waals surface area contributed by atoms with Crippen molar-refractivity contribution in [2.24, 2.45) is 0 Å². The summed E-state index contributed by atoms with van der Waals surface area (Å²) in [5.74, 6) is 1.22. The van der Waals surface area contributed by atoms with E-state index in [4.69, 9.17) is 4.74 Å². The number of aromatic amines is 1. The Hall–Kier alpha value is -1.49. The fraction of sp³-hybridized carbons (Fsp3) is 0.308. The van der Waals surface area contributed by atoms with E-state index in [1.54, 1.807) is 24.0 Å². The molecule has 1 fully saturated rings. The van der Waals surface area contributed by atoms with Crippen molar-refractivity contribution in [3.8, 4) is 0 Å². The van der Waals surface area contributed by atoms with Gasteiger partial charge in [-0.05, 0) is 23.8 Å². The molecule has 1 aliphatic rings. The molecule has 2 aromatic rings. The molecule has 0 bridgehead atoms. The highest BCUT2D eigenvalue weighted by atomic mass is 32.2. The Bertz CT molecular complexity index is 592. The van der Waals surface area contributed by atoms with Gasteiger partial charge in [-0.1, -0.05) is 0 Å². The molecule has 0 spiro atoms. The number of fused-ring (bicyclic) bond motifs is 1. The van der Waals surface area contributed by atoms with Crippen molar-refractivity contribution < 1.29 is 13.9 Å². The van der Waals surface area contributed by atoms with Gasteiger partial charge in [0.25, 0.3) is 0 Å². The predicted molar refractivity (Wildman–Crippen MR) is 69.2 cm³/mol. The third kappa shape index (κ3) is 2.22. The van der Waals surface area contributed by atoms with Crippen LogP contribution in [-0.4, -0.2) is 28.6 Å². The molecule has 5 heteroatoms. The lowest BCUT2D eigenvalue weighted by atomic mass is 10.1. The molecule has 0 atom stereocenters. The van der Waals surface area contributed by atoms with Crippen molar-refractivity contribution in [2.45, 2.75) is 12.5 Å². The highest BCUT2D eigenvalue weighted by molar-refractivity contribution is 8.00. The van der Waals surface area contributed by atoms with Gasteiger partial charge in [-0.2, -0.15) is 11.8 Å². The average Bonchev–Trinajstić information content (AvgIpc) is 2.67. The van der Waals surface area contributed by atoms with Gasteiger partial charge in [0.1, 0.15) is 11.9 Å². The summed E-state index contributed by atoms with van der Waals surface area (Å²) in [4.78, 5) is 14.7. The van der Waals surface area contributed by atoms with Crippen LogP contribution in [0.5, 0.6) is 0 Å². The molecule has 3 nitrogen and oxygen atoms in total. The molecule has 18 heavy (non-hydrogen) atoms. The van der Waals surface area contributed by atoms with Gasteiger partial charge >= 0.3 is 5.97 Å². The van der Waals surface area contributed by atoms with Crippen LogP contribution in [0.4, 0.5) is 4.39 Å². The topological polar surface area (TPSA) is 42.1 Å². The number of halogens is 1. The van der Waals surface area contributed by atoms with E-state index in [0.717, 1.165) is 28.0 Å². The molecule has 1 aromatic carbocycles. The lowest BCUT2D eigenvalue weighted by molar-refractivity contribution is -0.146. The summed E-state index contributed by atoms with van der Waals surface area (Å²) >= 11 is 1.77. The number of hydrogen-bond acceptors (Lipinski definition) is 3. The highest BCUT2D eigenvalue weighted by Crippen LogP contribution is 2.23. The zero-order valence-electron chi connectivity index (χ0n) is 9.61. The van der Waals surface area contributed by atoms with Crippen molar-refractivity contribution in [3.63, 3.8) is 0 Å². The summed E-state index contributed by atoms with van der Waals surface area (Å²) in [5.41, 5.74) is 1.61. The first-order valence-electron chi connectivity index (χ1n) is 5.75. The number of thioether (sulfide) groups is 1. The second-order valence-electron chi connectivity index (χ2n) is 4.33. The summed E-state index contributed by atoms with van der Waals surface area (Å²) in [6.45, 7) is 0. The van der Waals surface area contributed by atoms with Gasteiger partial charge in [0.15, 0.2) is 0 Å². The van der Waals surface area contributed by atoms with Crippen LogP contribution < -0.4 is 0 Å². The first-order chi connectivity index (χ1) is 8.72.